The number of fused-ring (bicyclic) bond motifs is 1. The lowest BCUT2D eigenvalue weighted by Gasteiger charge is -2.34. The number of hydrogen-bond donors (Lipinski definition) is 2. The Kier molecular flexibility index (Phi) is 6.69. The first-order valence-corrected chi connectivity index (χ1v) is 14.0. The standard InChI is InChI=1S/C26H30ClN3O3S/c27-24-22-14-13-21(17-23(22)28-25(24)18-7-3-1-4-8-18)34(32,33)29-20-11-9-19(10-12-20)26(31)30-15-5-2-6-16-30/h1,3-4,7-8,13-14,17,19-20,28-29H,2,5-6,9-12,15-16H2/t19-,20-. The van der Waals surface area contributed by atoms with Gasteiger partial charge in [-0.1, -0.05) is 41.9 Å². The molecule has 0 atom stereocenters. The topological polar surface area (TPSA) is 82.3 Å². The molecule has 0 unspecified atom stereocenters. The average molecular weight is 500 g/mol. The van der Waals surface area contributed by atoms with E-state index in [1.165, 1.54) is 6.42 Å². The van der Waals surface area contributed by atoms with Crippen molar-refractivity contribution >= 4 is 38.4 Å². The summed E-state index contributed by atoms with van der Waals surface area (Å²) in [5.74, 6) is 0.275. The molecular weight excluding hydrogens is 470 g/mol. The molecular formula is C26H30ClN3O3S. The maximum atomic E-state index is 13.1. The number of nitrogens with zero attached hydrogens (tertiary/aromatic N) is 1. The van der Waals surface area contributed by atoms with Gasteiger partial charge in [0, 0.05) is 36.0 Å². The molecule has 1 amide bonds. The van der Waals surface area contributed by atoms with Crippen molar-refractivity contribution in [1.82, 2.24) is 14.6 Å². The molecule has 34 heavy (non-hydrogen) atoms. The van der Waals surface area contributed by atoms with Crippen LogP contribution in [0.15, 0.2) is 53.4 Å². The lowest BCUT2D eigenvalue weighted by atomic mass is 9.85. The Hall–Kier alpha value is -2.35. The number of amides is 1. The molecule has 1 saturated heterocycles. The van der Waals surface area contributed by atoms with Gasteiger partial charge in [-0.05, 0) is 68.7 Å². The van der Waals surface area contributed by atoms with Crippen LogP contribution in [-0.4, -0.2) is 43.3 Å². The second-order valence-electron chi connectivity index (χ2n) is 9.44. The van der Waals surface area contributed by atoms with Crippen LogP contribution in [0.5, 0.6) is 0 Å². The number of likely N-dealkylation sites (tertiary alicyclic amines) is 1. The lowest BCUT2D eigenvalue weighted by Crippen LogP contribution is -2.43. The van der Waals surface area contributed by atoms with Gasteiger partial charge in [-0.25, -0.2) is 13.1 Å². The predicted octanol–water partition coefficient (Wildman–Crippen LogP) is 5.34. The molecule has 2 heterocycles. The summed E-state index contributed by atoms with van der Waals surface area (Å²) in [6.45, 7) is 1.73. The van der Waals surface area contributed by atoms with E-state index in [1.54, 1.807) is 18.2 Å². The van der Waals surface area contributed by atoms with Gasteiger partial charge in [-0.2, -0.15) is 0 Å². The van der Waals surface area contributed by atoms with Crippen LogP contribution in [0.2, 0.25) is 5.02 Å². The number of benzene rings is 2. The van der Waals surface area contributed by atoms with Gasteiger partial charge < -0.3 is 9.88 Å². The number of hydrogen-bond acceptors (Lipinski definition) is 3. The van der Waals surface area contributed by atoms with E-state index in [9.17, 15) is 13.2 Å². The summed E-state index contributed by atoms with van der Waals surface area (Å²) >= 11 is 6.58. The molecule has 2 aromatic carbocycles. The van der Waals surface area contributed by atoms with E-state index in [2.05, 4.69) is 9.71 Å². The fourth-order valence-corrected chi connectivity index (χ4v) is 6.88. The zero-order valence-corrected chi connectivity index (χ0v) is 20.7. The number of carbonyl (C=O) groups is 1. The maximum Gasteiger partial charge on any atom is 0.240 e. The van der Waals surface area contributed by atoms with Crippen LogP contribution in [0, 0.1) is 5.92 Å². The van der Waals surface area contributed by atoms with Crippen LogP contribution >= 0.6 is 11.6 Å². The van der Waals surface area contributed by atoms with Crippen LogP contribution in [0.25, 0.3) is 22.2 Å². The molecule has 1 aliphatic carbocycles. The van der Waals surface area contributed by atoms with Gasteiger partial charge in [-0.3, -0.25) is 4.79 Å². The molecule has 180 valence electrons. The Morgan fingerprint density at radius 2 is 1.68 bits per heavy atom. The molecule has 2 N–H and O–H groups in total. The Bertz CT molecular complexity index is 1280. The number of sulfonamides is 1. The van der Waals surface area contributed by atoms with Crippen molar-refractivity contribution < 1.29 is 13.2 Å². The number of carbonyl (C=O) groups excluding carboxylic acids is 1. The number of piperidine rings is 1. The number of aromatic nitrogens is 1. The van der Waals surface area contributed by atoms with E-state index >= 15 is 0 Å². The minimum absolute atomic E-state index is 0.0210. The Morgan fingerprint density at radius 1 is 0.971 bits per heavy atom. The van der Waals surface area contributed by atoms with E-state index in [4.69, 9.17) is 11.6 Å². The predicted molar refractivity (Wildman–Crippen MR) is 135 cm³/mol. The first-order valence-electron chi connectivity index (χ1n) is 12.1. The van der Waals surface area contributed by atoms with Crippen molar-refractivity contribution in [3.05, 3.63) is 53.6 Å². The summed E-state index contributed by atoms with van der Waals surface area (Å²) in [6, 6.07) is 14.6. The van der Waals surface area contributed by atoms with Gasteiger partial charge in [0.2, 0.25) is 15.9 Å². The molecule has 8 heteroatoms. The van der Waals surface area contributed by atoms with E-state index in [1.807, 2.05) is 35.2 Å². The van der Waals surface area contributed by atoms with E-state index < -0.39 is 10.0 Å². The van der Waals surface area contributed by atoms with Crippen molar-refractivity contribution in [1.29, 1.82) is 0 Å². The van der Waals surface area contributed by atoms with Gasteiger partial charge in [0.15, 0.2) is 0 Å². The minimum Gasteiger partial charge on any atom is -0.353 e. The fourth-order valence-electron chi connectivity index (χ4n) is 5.23. The molecule has 0 radical (unpaired) electrons. The third-order valence-corrected chi connectivity index (χ3v) is 9.06. The van der Waals surface area contributed by atoms with Gasteiger partial charge in [0.25, 0.3) is 0 Å². The highest BCUT2D eigenvalue weighted by Crippen LogP contribution is 2.35. The first-order chi connectivity index (χ1) is 16.4. The van der Waals surface area contributed by atoms with Gasteiger partial charge in [0.05, 0.1) is 15.6 Å². The highest BCUT2D eigenvalue weighted by atomic mass is 35.5. The monoisotopic (exact) mass is 499 g/mol. The highest BCUT2D eigenvalue weighted by Gasteiger charge is 2.32. The van der Waals surface area contributed by atoms with E-state index in [0.717, 1.165) is 55.4 Å². The number of aromatic amines is 1. The zero-order valence-electron chi connectivity index (χ0n) is 19.1. The molecule has 1 aromatic heterocycles. The molecule has 3 aromatic rings. The number of halogens is 1. The normalized spacial score (nSPS) is 21.6. The second-order valence-corrected chi connectivity index (χ2v) is 11.5. The smallest absolute Gasteiger partial charge is 0.240 e. The fraction of sp³-hybridized carbons (Fsp3) is 0.423. The Morgan fingerprint density at radius 3 is 2.38 bits per heavy atom. The third kappa shape index (κ3) is 4.74. The first kappa shape index (κ1) is 23.4. The minimum atomic E-state index is -3.69. The third-order valence-electron chi connectivity index (χ3n) is 7.15. The molecule has 1 aliphatic heterocycles. The molecule has 5 rings (SSSR count). The van der Waals surface area contributed by atoms with Gasteiger partial charge in [0.1, 0.15) is 0 Å². The van der Waals surface area contributed by atoms with Crippen LogP contribution in [0.3, 0.4) is 0 Å². The largest absolute Gasteiger partial charge is 0.353 e. The van der Waals surface area contributed by atoms with Crippen LogP contribution in [-0.2, 0) is 14.8 Å². The number of nitrogens with one attached hydrogen (secondary N) is 2. The summed E-state index contributed by atoms with van der Waals surface area (Å²) in [6.07, 6.45) is 6.19. The van der Waals surface area contributed by atoms with Gasteiger partial charge in [-0.15, -0.1) is 0 Å². The Balaban J connectivity index is 1.27. The molecule has 1 saturated carbocycles. The second kappa shape index (κ2) is 9.72. The highest BCUT2D eigenvalue weighted by molar-refractivity contribution is 7.89. The van der Waals surface area contributed by atoms with E-state index in [-0.39, 0.29) is 22.8 Å². The van der Waals surface area contributed by atoms with Crippen LogP contribution in [0.4, 0.5) is 0 Å². The molecule has 0 spiro atoms. The van der Waals surface area contributed by atoms with E-state index in [0.29, 0.717) is 23.4 Å². The maximum absolute atomic E-state index is 13.1. The Labute approximate surface area is 205 Å². The van der Waals surface area contributed by atoms with Crippen LogP contribution in [0.1, 0.15) is 44.9 Å². The SMILES string of the molecule is O=C([C@H]1CC[C@H](NS(=O)(=O)c2ccc3c(Cl)c(-c4ccccc4)[nH]c3c2)CC1)N1CCCCC1. The van der Waals surface area contributed by atoms with Crippen molar-refractivity contribution in [3.63, 3.8) is 0 Å². The number of rotatable bonds is 5. The number of H-pyrrole nitrogens is 1. The average Bonchev–Trinajstić information content (AvgIpc) is 3.21. The molecule has 2 fully saturated rings. The van der Waals surface area contributed by atoms with Crippen molar-refractivity contribution in [2.75, 3.05) is 13.1 Å². The summed E-state index contributed by atoms with van der Waals surface area (Å²) in [5, 5.41) is 1.37. The summed E-state index contributed by atoms with van der Waals surface area (Å²) < 4.78 is 29.1. The lowest BCUT2D eigenvalue weighted by molar-refractivity contribution is -0.137. The summed E-state index contributed by atoms with van der Waals surface area (Å²) in [5.41, 5.74) is 2.40. The van der Waals surface area contributed by atoms with Crippen LogP contribution < -0.4 is 4.72 Å². The molecule has 6 nitrogen and oxygen atoms in total. The quantitative estimate of drug-likeness (QED) is 0.497. The van der Waals surface area contributed by atoms with Crippen molar-refractivity contribution in [3.8, 4) is 11.3 Å². The summed E-state index contributed by atoms with van der Waals surface area (Å²) in [4.78, 5) is 18.3. The zero-order chi connectivity index (χ0) is 23.7. The van der Waals surface area contributed by atoms with Crippen molar-refractivity contribution in [2.45, 2.75) is 55.9 Å². The molecule has 0 bridgehead atoms. The van der Waals surface area contributed by atoms with Crippen molar-refractivity contribution in [2.24, 2.45) is 5.92 Å². The summed E-state index contributed by atoms with van der Waals surface area (Å²) in [7, 11) is -3.69. The molecule has 2 aliphatic rings. The van der Waals surface area contributed by atoms with Gasteiger partial charge >= 0.3 is 0 Å².